The average molecular weight is 237 g/mol. The molecule has 2 rings (SSSR count). The van der Waals surface area contributed by atoms with E-state index in [9.17, 15) is 4.55 Å². The Bertz CT molecular complexity index is 434. The summed E-state index contributed by atoms with van der Waals surface area (Å²) in [5.41, 5.74) is 2.46. The van der Waals surface area contributed by atoms with Crippen LogP contribution in [0.3, 0.4) is 0 Å². The van der Waals surface area contributed by atoms with Crippen molar-refractivity contribution in [1.29, 1.82) is 0 Å². The Morgan fingerprint density at radius 3 is 2.60 bits per heavy atom. The van der Waals surface area contributed by atoms with Crippen LogP contribution in [0.4, 0.5) is 0 Å². The molecule has 2 aromatic rings. The van der Waals surface area contributed by atoms with E-state index >= 15 is 0 Å². The molecule has 1 heterocycles. The summed E-state index contributed by atoms with van der Waals surface area (Å²) in [5.74, 6) is 0.928. The molecular weight excluding hydrogens is 224 g/mol. The molecule has 1 N–H and O–H groups in total. The summed E-state index contributed by atoms with van der Waals surface area (Å²) in [7, 11) is -0.652. The molecule has 0 saturated heterocycles. The summed E-state index contributed by atoms with van der Waals surface area (Å²) in [5, 5.41) is 1.91. The predicted molar refractivity (Wildman–Crippen MR) is 67.0 cm³/mol. The number of benzene rings is 1. The maximum atomic E-state index is 9.70. The number of rotatable bonds is 3. The van der Waals surface area contributed by atoms with Gasteiger partial charge < -0.3 is 0 Å². The normalized spacial score (nSPS) is 11.7. The summed E-state index contributed by atoms with van der Waals surface area (Å²) < 4.78 is 10.8. The Morgan fingerprint density at radius 1 is 1.27 bits per heavy atom. The van der Waals surface area contributed by atoms with Crippen molar-refractivity contribution in [2.24, 2.45) is 0 Å². The fraction of sp³-hybridized carbons (Fsp3) is 0.167. The van der Waals surface area contributed by atoms with Crippen molar-refractivity contribution in [2.75, 3.05) is 0 Å². The SMILES string of the molecule is Cc1cc(SCc2ccccc2)[s+](O)c1. The molecule has 15 heavy (non-hydrogen) atoms. The minimum atomic E-state index is -0.652. The molecule has 78 valence electrons. The maximum absolute atomic E-state index is 9.70. The number of hydrogen-bond acceptors (Lipinski definition) is 2. The zero-order chi connectivity index (χ0) is 10.7. The molecule has 0 radical (unpaired) electrons. The number of thiophene rings is 1. The van der Waals surface area contributed by atoms with Crippen LogP contribution < -0.4 is 0 Å². The molecule has 1 unspecified atom stereocenters. The summed E-state index contributed by atoms with van der Waals surface area (Å²) >= 11 is 1.72. The van der Waals surface area contributed by atoms with Gasteiger partial charge in [0.15, 0.2) is 16.1 Å². The van der Waals surface area contributed by atoms with Crippen LogP contribution in [0.25, 0.3) is 0 Å². The molecule has 1 nitrogen and oxygen atoms in total. The summed E-state index contributed by atoms with van der Waals surface area (Å²) in [4.78, 5) is 0. The number of hydrogen-bond donors (Lipinski definition) is 1. The van der Waals surface area contributed by atoms with E-state index in [-0.39, 0.29) is 0 Å². The first kappa shape index (κ1) is 10.7. The zero-order valence-corrected chi connectivity index (χ0v) is 10.1. The third-order valence-electron chi connectivity index (χ3n) is 2.07. The topological polar surface area (TPSA) is 20.2 Å². The van der Waals surface area contributed by atoms with Crippen LogP contribution in [0, 0.1) is 6.92 Å². The monoisotopic (exact) mass is 237 g/mol. The van der Waals surface area contributed by atoms with Crippen molar-refractivity contribution in [3.05, 3.63) is 52.9 Å². The van der Waals surface area contributed by atoms with Gasteiger partial charge in [-0.3, -0.25) is 0 Å². The molecule has 0 saturated carbocycles. The molecule has 1 aromatic carbocycles. The van der Waals surface area contributed by atoms with Crippen LogP contribution in [-0.4, -0.2) is 4.55 Å². The first-order valence-electron chi connectivity index (χ1n) is 4.75. The van der Waals surface area contributed by atoms with Crippen molar-refractivity contribution < 1.29 is 4.55 Å². The summed E-state index contributed by atoms with van der Waals surface area (Å²) in [6.45, 7) is 2.02. The van der Waals surface area contributed by atoms with Gasteiger partial charge in [-0.15, -0.1) is 0 Å². The van der Waals surface area contributed by atoms with Gasteiger partial charge >= 0.3 is 0 Å². The van der Waals surface area contributed by atoms with Crippen LogP contribution in [-0.2, 0) is 5.75 Å². The second-order valence-electron chi connectivity index (χ2n) is 3.41. The molecule has 0 aliphatic rings. The molecule has 0 amide bonds. The Balaban J connectivity index is 2.02. The van der Waals surface area contributed by atoms with Gasteiger partial charge in [-0.1, -0.05) is 42.1 Å². The van der Waals surface area contributed by atoms with E-state index in [1.165, 1.54) is 5.56 Å². The van der Waals surface area contributed by atoms with Crippen LogP contribution in [0.2, 0.25) is 0 Å². The summed E-state index contributed by atoms with van der Waals surface area (Å²) in [6.07, 6.45) is 0. The number of thioether (sulfide) groups is 1. The molecule has 3 heteroatoms. The van der Waals surface area contributed by atoms with E-state index in [1.807, 2.05) is 30.5 Å². The van der Waals surface area contributed by atoms with E-state index < -0.39 is 10.8 Å². The van der Waals surface area contributed by atoms with Crippen LogP contribution in [0.5, 0.6) is 0 Å². The highest BCUT2D eigenvalue weighted by Gasteiger charge is 2.14. The molecular formula is C12H13OS2+. The van der Waals surface area contributed by atoms with E-state index in [0.29, 0.717) is 0 Å². The Hall–Kier alpha value is -0.770. The van der Waals surface area contributed by atoms with Gasteiger partial charge in [0.1, 0.15) is 0 Å². The van der Waals surface area contributed by atoms with Gasteiger partial charge in [-0.2, -0.15) is 4.55 Å². The minimum absolute atomic E-state index is 0.652. The van der Waals surface area contributed by atoms with Gasteiger partial charge in [0.2, 0.25) is 4.21 Å². The summed E-state index contributed by atoms with van der Waals surface area (Å²) in [6, 6.07) is 12.4. The van der Waals surface area contributed by atoms with Gasteiger partial charge in [-0.05, 0) is 12.5 Å². The largest absolute Gasteiger partial charge is 0.244 e. The van der Waals surface area contributed by atoms with E-state index in [4.69, 9.17) is 0 Å². The minimum Gasteiger partial charge on any atom is -0.163 e. The highest BCUT2D eigenvalue weighted by atomic mass is 32.2. The second kappa shape index (κ2) is 4.84. The Morgan fingerprint density at radius 2 is 2.00 bits per heavy atom. The molecule has 0 fully saturated rings. The van der Waals surface area contributed by atoms with E-state index in [1.54, 1.807) is 11.8 Å². The third-order valence-corrected chi connectivity index (χ3v) is 4.94. The van der Waals surface area contributed by atoms with Gasteiger partial charge in [-0.25, -0.2) is 0 Å². The molecule has 1 atom stereocenters. The lowest BCUT2D eigenvalue weighted by Gasteiger charge is -1.95. The third kappa shape index (κ3) is 2.84. The first-order valence-corrected chi connectivity index (χ1v) is 6.98. The highest BCUT2D eigenvalue weighted by molar-refractivity contribution is 8.00. The van der Waals surface area contributed by atoms with Crippen molar-refractivity contribution in [3.63, 3.8) is 0 Å². The molecule has 1 aromatic heterocycles. The van der Waals surface area contributed by atoms with Gasteiger partial charge in [0.25, 0.3) is 0 Å². The van der Waals surface area contributed by atoms with E-state index in [0.717, 1.165) is 15.5 Å². The first-order chi connectivity index (χ1) is 7.25. The molecule has 0 aliphatic carbocycles. The van der Waals surface area contributed by atoms with Crippen LogP contribution >= 0.6 is 22.5 Å². The maximum Gasteiger partial charge on any atom is 0.244 e. The molecule has 0 bridgehead atoms. The Kier molecular flexibility index (Phi) is 3.46. The fourth-order valence-corrected chi connectivity index (χ4v) is 3.76. The van der Waals surface area contributed by atoms with E-state index in [2.05, 4.69) is 18.2 Å². The fourth-order valence-electron chi connectivity index (χ4n) is 1.35. The second-order valence-corrected chi connectivity index (χ2v) is 5.99. The smallest absolute Gasteiger partial charge is 0.163 e. The van der Waals surface area contributed by atoms with Crippen molar-refractivity contribution in [2.45, 2.75) is 16.9 Å². The Labute approximate surface area is 97.0 Å². The standard InChI is InChI=1S/C12H13OS2/c1-10-7-12(15(13)9-10)14-8-11-5-3-2-4-6-11/h2-7,9,13H,8H2,1H3/q+1. The lowest BCUT2D eigenvalue weighted by atomic mass is 10.2. The lowest BCUT2D eigenvalue weighted by Crippen LogP contribution is -1.77. The molecule has 0 aliphatic heterocycles. The average Bonchev–Trinajstić information content (AvgIpc) is 2.56. The quantitative estimate of drug-likeness (QED) is 0.638. The zero-order valence-electron chi connectivity index (χ0n) is 8.51. The van der Waals surface area contributed by atoms with Crippen molar-refractivity contribution in [1.82, 2.24) is 0 Å². The van der Waals surface area contributed by atoms with Crippen molar-refractivity contribution >= 4 is 22.5 Å². The van der Waals surface area contributed by atoms with Gasteiger partial charge in [0.05, 0.1) is 0 Å². The van der Waals surface area contributed by atoms with Gasteiger partial charge in [0, 0.05) is 17.4 Å². The van der Waals surface area contributed by atoms with Crippen LogP contribution in [0.1, 0.15) is 11.1 Å². The highest BCUT2D eigenvalue weighted by Crippen LogP contribution is 2.34. The van der Waals surface area contributed by atoms with Crippen molar-refractivity contribution in [3.8, 4) is 0 Å². The lowest BCUT2D eigenvalue weighted by molar-refractivity contribution is 0.638. The molecule has 0 spiro atoms. The number of aryl methyl sites for hydroxylation is 1. The van der Waals surface area contributed by atoms with Crippen LogP contribution in [0.15, 0.2) is 46.0 Å². The predicted octanol–water partition coefficient (Wildman–Crippen LogP) is 4.17.